The molecule has 0 amide bonds. The SMILES string of the molecule is CCN(c1ncc(N)c(C)c1Br)C(C)C. The van der Waals surface area contributed by atoms with Gasteiger partial charge in [0.2, 0.25) is 0 Å². The molecule has 15 heavy (non-hydrogen) atoms. The fraction of sp³-hybridized carbons (Fsp3) is 0.545. The Hall–Kier alpha value is -0.770. The summed E-state index contributed by atoms with van der Waals surface area (Å²) in [6.45, 7) is 9.37. The van der Waals surface area contributed by atoms with Gasteiger partial charge in [0.15, 0.2) is 0 Å². The third-order valence-corrected chi connectivity index (χ3v) is 3.47. The lowest BCUT2D eigenvalue weighted by molar-refractivity contribution is 0.691. The average molecular weight is 272 g/mol. The summed E-state index contributed by atoms with van der Waals surface area (Å²) >= 11 is 3.56. The Kier molecular flexibility index (Phi) is 3.97. The minimum Gasteiger partial charge on any atom is -0.397 e. The monoisotopic (exact) mass is 271 g/mol. The quantitative estimate of drug-likeness (QED) is 0.919. The standard InChI is InChI=1S/C11H18BrN3/c1-5-15(7(2)3)11-10(12)8(4)9(13)6-14-11/h6-7H,5,13H2,1-4H3. The summed E-state index contributed by atoms with van der Waals surface area (Å²) in [6.07, 6.45) is 1.72. The molecule has 0 fully saturated rings. The Morgan fingerprint density at radius 1 is 1.53 bits per heavy atom. The molecule has 0 saturated heterocycles. The van der Waals surface area contributed by atoms with Crippen molar-refractivity contribution < 1.29 is 0 Å². The number of nitrogen functional groups attached to an aromatic ring is 1. The zero-order chi connectivity index (χ0) is 11.6. The molecule has 0 aliphatic rings. The highest BCUT2D eigenvalue weighted by molar-refractivity contribution is 9.10. The summed E-state index contributed by atoms with van der Waals surface area (Å²) in [5.74, 6) is 0.971. The lowest BCUT2D eigenvalue weighted by Crippen LogP contribution is -2.31. The molecule has 0 bridgehead atoms. The van der Waals surface area contributed by atoms with E-state index in [4.69, 9.17) is 5.73 Å². The number of hydrogen-bond acceptors (Lipinski definition) is 3. The molecule has 0 atom stereocenters. The van der Waals surface area contributed by atoms with E-state index in [9.17, 15) is 0 Å². The molecule has 3 nitrogen and oxygen atoms in total. The molecule has 1 heterocycles. The van der Waals surface area contributed by atoms with Gasteiger partial charge in [0.25, 0.3) is 0 Å². The predicted octanol–water partition coefficient (Wildman–Crippen LogP) is 2.97. The van der Waals surface area contributed by atoms with E-state index >= 15 is 0 Å². The van der Waals surface area contributed by atoms with Crippen molar-refractivity contribution in [3.05, 3.63) is 16.2 Å². The van der Waals surface area contributed by atoms with Gasteiger partial charge in [-0.1, -0.05) is 0 Å². The van der Waals surface area contributed by atoms with E-state index in [1.165, 1.54) is 0 Å². The Bertz CT molecular complexity index is 350. The zero-order valence-electron chi connectivity index (χ0n) is 9.71. The highest BCUT2D eigenvalue weighted by Gasteiger charge is 2.15. The summed E-state index contributed by atoms with van der Waals surface area (Å²) in [5, 5.41) is 0. The third kappa shape index (κ3) is 2.43. The van der Waals surface area contributed by atoms with Gasteiger partial charge in [-0.15, -0.1) is 0 Å². The van der Waals surface area contributed by atoms with E-state index in [1.807, 2.05) is 6.92 Å². The molecule has 0 radical (unpaired) electrons. The van der Waals surface area contributed by atoms with E-state index in [-0.39, 0.29) is 0 Å². The van der Waals surface area contributed by atoms with Gasteiger partial charge in [0.05, 0.1) is 16.4 Å². The minimum atomic E-state index is 0.432. The molecule has 1 aromatic rings. The van der Waals surface area contributed by atoms with Crippen molar-refractivity contribution in [1.29, 1.82) is 0 Å². The van der Waals surface area contributed by atoms with Crippen LogP contribution in [0.15, 0.2) is 10.7 Å². The van der Waals surface area contributed by atoms with Crippen LogP contribution < -0.4 is 10.6 Å². The van der Waals surface area contributed by atoms with E-state index in [2.05, 4.69) is 46.6 Å². The second kappa shape index (κ2) is 4.84. The van der Waals surface area contributed by atoms with Crippen LogP contribution >= 0.6 is 15.9 Å². The lowest BCUT2D eigenvalue weighted by atomic mass is 10.2. The molecule has 84 valence electrons. The first-order valence-electron chi connectivity index (χ1n) is 5.16. The second-order valence-corrected chi connectivity index (χ2v) is 4.65. The van der Waals surface area contributed by atoms with Crippen LogP contribution in [-0.2, 0) is 0 Å². The predicted molar refractivity (Wildman–Crippen MR) is 69.2 cm³/mol. The molecule has 0 aliphatic carbocycles. The Morgan fingerprint density at radius 3 is 2.60 bits per heavy atom. The van der Waals surface area contributed by atoms with Gasteiger partial charge in [0.1, 0.15) is 5.82 Å². The first-order chi connectivity index (χ1) is 6.99. The number of nitrogens with two attached hydrogens (primary N) is 1. The molecular formula is C11H18BrN3. The maximum Gasteiger partial charge on any atom is 0.143 e. The molecule has 0 saturated carbocycles. The fourth-order valence-corrected chi connectivity index (χ4v) is 2.10. The third-order valence-electron chi connectivity index (χ3n) is 2.52. The van der Waals surface area contributed by atoms with Crippen LogP contribution in [0.2, 0.25) is 0 Å². The summed E-state index contributed by atoms with van der Waals surface area (Å²) in [6, 6.07) is 0.432. The number of hydrogen-bond donors (Lipinski definition) is 1. The van der Waals surface area contributed by atoms with Gasteiger partial charge in [-0.25, -0.2) is 4.98 Å². The number of halogens is 1. The smallest absolute Gasteiger partial charge is 0.143 e. The fourth-order valence-electron chi connectivity index (χ4n) is 1.54. The average Bonchev–Trinajstić information content (AvgIpc) is 2.18. The van der Waals surface area contributed by atoms with Crippen molar-refractivity contribution in [3.8, 4) is 0 Å². The lowest BCUT2D eigenvalue weighted by Gasteiger charge is -2.27. The summed E-state index contributed by atoms with van der Waals surface area (Å²) in [4.78, 5) is 6.62. The van der Waals surface area contributed by atoms with Crippen LogP contribution in [0.5, 0.6) is 0 Å². The maximum atomic E-state index is 5.80. The zero-order valence-corrected chi connectivity index (χ0v) is 11.3. The van der Waals surface area contributed by atoms with E-state index in [0.29, 0.717) is 6.04 Å². The molecule has 2 N–H and O–H groups in total. The van der Waals surface area contributed by atoms with Crippen LogP contribution in [0, 0.1) is 6.92 Å². The van der Waals surface area contributed by atoms with Crippen LogP contribution in [0.3, 0.4) is 0 Å². The van der Waals surface area contributed by atoms with Crippen molar-refractivity contribution in [2.45, 2.75) is 33.7 Å². The number of rotatable bonds is 3. The molecule has 0 unspecified atom stereocenters. The number of aromatic nitrogens is 1. The van der Waals surface area contributed by atoms with Gasteiger partial charge < -0.3 is 10.6 Å². The number of anilines is 2. The van der Waals surface area contributed by atoms with E-state index in [1.54, 1.807) is 6.20 Å². The highest BCUT2D eigenvalue weighted by Crippen LogP contribution is 2.31. The summed E-state index contributed by atoms with van der Waals surface area (Å²) in [5.41, 5.74) is 7.58. The molecule has 4 heteroatoms. The summed E-state index contributed by atoms with van der Waals surface area (Å²) in [7, 11) is 0. The molecule has 1 aromatic heterocycles. The molecule has 1 rings (SSSR count). The van der Waals surface area contributed by atoms with E-state index < -0.39 is 0 Å². The molecule has 0 aliphatic heterocycles. The second-order valence-electron chi connectivity index (χ2n) is 3.86. The Morgan fingerprint density at radius 2 is 2.13 bits per heavy atom. The van der Waals surface area contributed by atoms with Crippen molar-refractivity contribution in [1.82, 2.24) is 4.98 Å². The minimum absolute atomic E-state index is 0.432. The van der Waals surface area contributed by atoms with Crippen molar-refractivity contribution >= 4 is 27.4 Å². The largest absolute Gasteiger partial charge is 0.397 e. The van der Waals surface area contributed by atoms with Crippen molar-refractivity contribution in [2.75, 3.05) is 17.2 Å². The Balaban J connectivity index is 3.19. The summed E-state index contributed by atoms with van der Waals surface area (Å²) < 4.78 is 0.998. The van der Waals surface area contributed by atoms with Crippen LogP contribution in [0.25, 0.3) is 0 Å². The van der Waals surface area contributed by atoms with Gasteiger partial charge in [0, 0.05) is 12.6 Å². The first kappa shape index (κ1) is 12.3. The number of pyridine rings is 1. The van der Waals surface area contributed by atoms with Gasteiger partial charge >= 0.3 is 0 Å². The van der Waals surface area contributed by atoms with Gasteiger partial charge in [-0.2, -0.15) is 0 Å². The van der Waals surface area contributed by atoms with Crippen molar-refractivity contribution in [2.24, 2.45) is 0 Å². The first-order valence-corrected chi connectivity index (χ1v) is 5.95. The Labute approximate surface area is 99.8 Å². The van der Waals surface area contributed by atoms with Crippen LogP contribution in [0.4, 0.5) is 11.5 Å². The number of nitrogens with zero attached hydrogens (tertiary/aromatic N) is 2. The topological polar surface area (TPSA) is 42.2 Å². The highest BCUT2D eigenvalue weighted by atomic mass is 79.9. The van der Waals surface area contributed by atoms with Crippen LogP contribution in [-0.4, -0.2) is 17.6 Å². The van der Waals surface area contributed by atoms with E-state index in [0.717, 1.165) is 28.1 Å². The van der Waals surface area contributed by atoms with Crippen molar-refractivity contribution in [3.63, 3.8) is 0 Å². The van der Waals surface area contributed by atoms with Crippen LogP contribution in [0.1, 0.15) is 26.3 Å². The maximum absolute atomic E-state index is 5.80. The molecule has 0 spiro atoms. The normalized spacial score (nSPS) is 10.8. The molecular weight excluding hydrogens is 254 g/mol. The molecule has 0 aromatic carbocycles. The van der Waals surface area contributed by atoms with Gasteiger partial charge in [-0.3, -0.25) is 0 Å². The van der Waals surface area contributed by atoms with Gasteiger partial charge in [-0.05, 0) is 49.2 Å².